The average molecular weight is 397 g/mol. The van der Waals surface area contributed by atoms with E-state index < -0.39 is 0 Å². The number of anilines is 1. The zero-order chi connectivity index (χ0) is 20.6. The summed E-state index contributed by atoms with van der Waals surface area (Å²) in [5.74, 6) is 0.654. The Balaban J connectivity index is 1.64. The topological polar surface area (TPSA) is 60.1 Å². The minimum absolute atomic E-state index is 0.252. The van der Waals surface area contributed by atoms with E-state index in [2.05, 4.69) is 50.5 Å². The fourth-order valence-electron chi connectivity index (χ4n) is 3.14. The lowest BCUT2D eigenvalue weighted by atomic mass is 10.0. The van der Waals surface area contributed by atoms with E-state index >= 15 is 0 Å². The van der Waals surface area contributed by atoms with Crippen molar-refractivity contribution in [3.63, 3.8) is 0 Å². The van der Waals surface area contributed by atoms with Gasteiger partial charge in [-0.25, -0.2) is 9.37 Å². The Morgan fingerprint density at radius 3 is 2.55 bits per heavy atom. The van der Waals surface area contributed by atoms with Crippen molar-refractivity contribution >= 4 is 5.82 Å². The zero-order valence-electron chi connectivity index (χ0n) is 17.3. The van der Waals surface area contributed by atoms with Crippen LogP contribution in [0.15, 0.2) is 48.8 Å². The van der Waals surface area contributed by atoms with Gasteiger partial charge in [-0.3, -0.25) is 5.10 Å². The molecule has 2 aromatic heterocycles. The Bertz CT molecular complexity index is 890. The van der Waals surface area contributed by atoms with Crippen LogP contribution in [0, 0.1) is 5.82 Å². The number of hydrogen-bond acceptors (Lipinski definition) is 5. The summed E-state index contributed by atoms with van der Waals surface area (Å²) in [5, 5.41) is 10.7. The molecule has 1 aromatic carbocycles. The monoisotopic (exact) mass is 396 g/mol. The number of rotatable bonds is 10. The Labute approximate surface area is 171 Å². The number of likely N-dealkylation sites (N-methyl/N-ethyl adjacent to an activating group) is 1. The molecule has 0 fully saturated rings. The van der Waals surface area contributed by atoms with Gasteiger partial charge >= 0.3 is 0 Å². The van der Waals surface area contributed by atoms with E-state index in [0.717, 1.165) is 60.8 Å². The number of nitrogens with one attached hydrogen (secondary N) is 2. The van der Waals surface area contributed by atoms with Crippen LogP contribution in [-0.4, -0.2) is 67.4 Å². The minimum Gasteiger partial charge on any atom is -0.358 e. The molecule has 0 amide bonds. The SMILES string of the molecule is CN(C)CCCNCCN(C)c1cc(-c2cn[nH]c2-c2ccc(F)cc2)ccn1. The van der Waals surface area contributed by atoms with Crippen LogP contribution in [-0.2, 0) is 0 Å². The number of hydrogen-bond donors (Lipinski definition) is 2. The fraction of sp³-hybridized carbons (Fsp3) is 0.364. The molecule has 0 unspecified atom stereocenters. The van der Waals surface area contributed by atoms with Gasteiger partial charge in [-0.05, 0) is 75.6 Å². The maximum Gasteiger partial charge on any atom is 0.128 e. The first-order valence-electron chi connectivity index (χ1n) is 9.87. The molecule has 0 aliphatic heterocycles. The van der Waals surface area contributed by atoms with Crippen LogP contribution in [0.3, 0.4) is 0 Å². The van der Waals surface area contributed by atoms with Gasteiger partial charge < -0.3 is 15.1 Å². The van der Waals surface area contributed by atoms with Crippen LogP contribution in [0.1, 0.15) is 6.42 Å². The van der Waals surface area contributed by atoms with Gasteiger partial charge in [0.15, 0.2) is 0 Å². The van der Waals surface area contributed by atoms with Gasteiger partial charge in [0.1, 0.15) is 11.6 Å². The summed E-state index contributed by atoms with van der Waals surface area (Å²) in [6.45, 7) is 3.88. The van der Waals surface area contributed by atoms with Crippen molar-refractivity contribution in [2.45, 2.75) is 6.42 Å². The third kappa shape index (κ3) is 5.85. The van der Waals surface area contributed by atoms with Crippen LogP contribution < -0.4 is 10.2 Å². The molecule has 0 saturated carbocycles. The van der Waals surface area contributed by atoms with Gasteiger partial charge in [0.05, 0.1) is 11.9 Å². The summed E-state index contributed by atoms with van der Waals surface area (Å²) >= 11 is 0. The molecule has 0 spiro atoms. The van der Waals surface area contributed by atoms with E-state index in [4.69, 9.17) is 0 Å². The predicted molar refractivity (Wildman–Crippen MR) is 117 cm³/mol. The third-order valence-corrected chi connectivity index (χ3v) is 4.80. The standard InChI is InChI=1S/C22H29FN6/c1-28(2)13-4-10-24-12-14-29(3)21-15-18(9-11-25-21)20-16-26-27-22(20)17-5-7-19(23)8-6-17/h5-9,11,15-16,24H,4,10,12-14H2,1-3H3,(H,26,27). The highest BCUT2D eigenvalue weighted by Gasteiger charge is 2.12. The second-order valence-corrected chi connectivity index (χ2v) is 7.40. The summed E-state index contributed by atoms with van der Waals surface area (Å²) in [6, 6.07) is 10.4. The largest absolute Gasteiger partial charge is 0.358 e. The van der Waals surface area contributed by atoms with Crippen LogP contribution in [0.4, 0.5) is 10.2 Å². The molecule has 29 heavy (non-hydrogen) atoms. The van der Waals surface area contributed by atoms with Crippen LogP contribution in [0.5, 0.6) is 0 Å². The van der Waals surface area contributed by atoms with Gasteiger partial charge in [-0.15, -0.1) is 0 Å². The molecular formula is C22H29FN6. The molecule has 0 atom stereocenters. The van der Waals surface area contributed by atoms with E-state index in [1.54, 1.807) is 18.3 Å². The average Bonchev–Trinajstić information content (AvgIpc) is 3.21. The van der Waals surface area contributed by atoms with Crippen molar-refractivity contribution in [2.75, 3.05) is 52.2 Å². The maximum absolute atomic E-state index is 13.3. The van der Waals surface area contributed by atoms with E-state index in [0.29, 0.717) is 0 Å². The first-order chi connectivity index (χ1) is 14.0. The summed E-state index contributed by atoms with van der Waals surface area (Å²) < 4.78 is 13.3. The number of pyridine rings is 1. The molecule has 2 N–H and O–H groups in total. The first kappa shape index (κ1) is 21.0. The smallest absolute Gasteiger partial charge is 0.128 e. The van der Waals surface area contributed by atoms with Crippen molar-refractivity contribution in [3.05, 3.63) is 54.6 Å². The summed E-state index contributed by atoms with van der Waals surface area (Å²) in [7, 11) is 6.23. The number of aromatic nitrogens is 3. The number of aromatic amines is 1. The molecule has 3 rings (SSSR count). The number of H-pyrrole nitrogens is 1. The lowest BCUT2D eigenvalue weighted by Gasteiger charge is -2.19. The zero-order valence-corrected chi connectivity index (χ0v) is 17.3. The van der Waals surface area contributed by atoms with E-state index in [1.165, 1.54) is 12.1 Å². The molecule has 2 heterocycles. The van der Waals surface area contributed by atoms with E-state index in [9.17, 15) is 4.39 Å². The quantitative estimate of drug-likeness (QED) is 0.515. The molecule has 0 bridgehead atoms. The Kier molecular flexibility index (Phi) is 7.32. The van der Waals surface area contributed by atoms with Crippen molar-refractivity contribution in [1.82, 2.24) is 25.4 Å². The third-order valence-electron chi connectivity index (χ3n) is 4.80. The van der Waals surface area contributed by atoms with Crippen molar-refractivity contribution in [1.29, 1.82) is 0 Å². The molecule has 0 saturated heterocycles. The van der Waals surface area contributed by atoms with Crippen molar-refractivity contribution in [2.24, 2.45) is 0 Å². The van der Waals surface area contributed by atoms with Gasteiger partial charge in [0, 0.05) is 37.5 Å². The normalized spacial score (nSPS) is 11.2. The molecular weight excluding hydrogens is 367 g/mol. The molecule has 154 valence electrons. The number of benzene rings is 1. The molecule has 0 aliphatic rings. The van der Waals surface area contributed by atoms with Crippen molar-refractivity contribution in [3.8, 4) is 22.4 Å². The highest BCUT2D eigenvalue weighted by molar-refractivity contribution is 5.81. The first-order valence-corrected chi connectivity index (χ1v) is 9.87. The van der Waals surface area contributed by atoms with Gasteiger partial charge in [-0.2, -0.15) is 5.10 Å². The van der Waals surface area contributed by atoms with Crippen LogP contribution in [0.2, 0.25) is 0 Å². The Morgan fingerprint density at radius 2 is 1.79 bits per heavy atom. The molecule has 0 aliphatic carbocycles. The number of halogens is 1. The van der Waals surface area contributed by atoms with E-state index in [-0.39, 0.29) is 5.82 Å². The lowest BCUT2D eigenvalue weighted by molar-refractivity contribution is 0.395. The highest BCUT2D eigenvalue weighted by atomic mass is 19.1. The maximum atomic E-state index is 13.3. The second kappa shape index (κ2) is 10.1. The summed E-state index contributed by atoms with van der Waals surface area (Å²) in [5.41, 5.74) is 3.75. The van der Waals surface area contributed by atoms with Gasteiger partial charge in [0.25, 0.3) is 0 Å². The van der Waals surface area contributed by atoms with Crippen LogP contribution in [0.25, 0.3) is 22.4 Å². The van der Waals surface area contributed by atoms with Crippen LogP contribution >= 0.6 is 0 Å². The summed E-state index contributed by atoms with van der Waals surface area (Å²) in [6.07, 6.45) is 4.74. The highest BCUT2D eigenvalue weighted by Crippen LogP contribution is 2.31. The second-order valence-electron chi connectivity index (χ2n) is 7.40. The molecule has 7 heteroatoms. The molecule has 3 aromatic rings. The van der Waals surface area contributed by atoms with Gasteiger partial charge in [0.2, 0.25) is 0 Å². The Hall–Kier alpha value is -2.77. The lowest BCUT2D eigenvalue weighted by Crippen LogP contribution is -2.31. The van der Waals surface area contributed by atoms with Gasteiger partial charge in [-0.1, -0.05) is 0 Å². The molecule has 0 radical (unpaired) electrons. The van der Waals surface area contributed by atoms with Crippen molar-refractivity contribution < 1.29 is 4.39 Å². The summed E-state index contributed by atoms with van der Waals surface area (Å²) in [4.78, 5) is 8.85. The fourth-order valence-corrected chi connectivity index (χ4v) is 3.14. The Morgan fingerprint density at radius 1 is 1.00 bits per heavy atom. The number of nitrogens with zero attached hydrogens (tertiary/aromatic N) is 4. The van der Waals surface area contributed by atoms with E-state index in [1.807, 2.05) is 19.3 Å². The molecule has 6 nitrogen and oxygen atoms in total. The minimum atomic E-state index is -0.252. The predicted octanol–water partition coefficient (Wildman–Crippen LogP) is 3.26.